The second kappa shape index (κ2) is 9.65. The summed E-state index contributed by atoms with van der Waals surface area (Å²) in [6, 6.07) is 12.4. The molecule has 2 aromatic carbocycles. The highest BCUT2D eigenvalue weighted by Crippen LogP contribution is 2.31. The number of para-hydroxylation sites is 2. The molecule has 0 N–H and O–H groups in total. The minimum Gasteiger partial charge on any atom is -0.495 e. The highest BCUT2D eigenvalue weighted by atomic mass is 35.5. The van der Waals surface area contributed by atoms with Gasteiger partial charge in [0.25, 0.3) is 0 Å². The highest BCUT2D eigenvalue weighted by molar-refractivity contribution is 7.92. The predicted molar refractivity (Wildman–Crippen MR) is 122 cm³/mol. The molecule has 2 aromatic rings. The Morgan fingerprint density at radius 2 is 1.68 bits per heavy atom. The number of hydrogen-bond acceptors (Lipinski definition) is 6. The van der Waals surface area contributed by atoms with Gasteiger partial charge in [-0.25, -0.2) is 8.42 Å². The van der Waals surface area contributed by atoms with Gasteiger partial charge in [0.15, 0.2) is 0 Å². The summed E-state index contributed by atoms with van der Waals surface area (Å²) in [7, 11) is -0.587. The van der Waals surface area contributed by atoms with Gasteiger partial charge in [-0.05, 0) is 30.3 Å². The maximum Gasteiger partial charge on any atom is 0.243 e. The maximum absolute atomic E-state index is 12.9. The van der Waals surface area contributed by atoms with E-state index in [-0.39, 0.29) is 17.5 Å². The van der Waals surface area contributed by atoms with Crippen LogP contribution in [0.1, 0.15) is 0 Å². The van der Waals surface area contributed by atoms with Crippen molar-refractivity contribution in [2.75, 3.05) is 62.4 Å². The van der Waals surface area contributed by atoms with Crippen LogP contribution in [-0.4, -0.2) is 72.4 Å². The van der Waals surface area contributed by atoms with Gasteiger partial charge < -0.3 is 19.3 Å². The second-order valence-electron chi connectivity index (χ2n) is 7.13. The van der Waals surface area contributed by atoms with Crippen LogP contribution in [0.15, 0.2) is 42.5 Å². The molecule has 31 heavy (non-hydrogen) atoms. The van der Waals surface area contributed by atoms with E-state index < -0.39 is 10.0 Å². The lowest BCUT2D eigenvalue weighted by Gasteiger charge is -2.37. The number of halogens is 1. The van der Waals surface area contributed by atoms with Gasteiger partial charge in [0.05, 0.1) is 36.9 Å². The Labute approximate surface area is 187 Å². The lowest BCUT2D eigenvalue weighted by Crippen LogP contribution is -2.52. The molecular weight excluding hydrogens is 442 g/mol. The van der Waals surface area contributed by atoms with E-state index >= 15 is 0 Å². The number of hydrogen-bond donors (Lipinski definition) is 0. The van der Waals surface area contributed by atoms with E-state index in [0.717, 1.165) is 22.0 Å². The van der Waals surface area contributed by atoms with E-state index in [4.69, 9.17) is 21.1 Å². The summed E-state index contributed by atoms with van der Waals surface area (Å²) in [6.45, 7) is 1.92. The molecule has 0 aromatic heterocycles. The first kappa shape index (κ1) is 23.0. The summed E-state index contributed by atoms with van der Waals surface area (Å²) >= 11 is 6.15. The largest absolute Gasteiger partial charge is 0.495 e. The van der Waals surface area contributed by atoms with Crippen LogP contribution in [0.3, 0.4) is 0 Å². The predicted octanol–water partition coefficient (Wildman–Crippen LogP) is 2.47. The van der Waals surface area contributed by atoms with Crippen LogP contribution in [0.2, 0.25) is 5.02 Å². The summed E-state index contributed by atoms with van der Waals surface area (Å²) in [4.78, 5) is 16.8. The third-order valence-corrected chi connectivity index (χ3v) is 6.60. The molecular formula is C21H26ClN3O5S. The van der Waals surface area contributed by atoms with Crippen LogP contribution in [0.4, 0.5) is 11.4 Å². The van der Waals surface area contributed by atoms with Gasteiger partial charge in [-0.1, -0.05) is 23.7 Å². The first-order valence-corrected chi connectivity index (χ1v) is 11.9. The summed E-state index contributed by atoms with van der Waals surface area (Å²) in [6.07, 6.45) is 1.07. The standard InChI is InChI=1S/C21H26ClN3O5S/c1-29-19-9-8-16(14-17(19)22)25(31(3,27)28)15-21(26)24-12-10-23(11-13-24)18-6-4-5-7-20(18)30-2/h4-9,14H,10-13,15H2,1-3H3. The molecule has 1 fully saturated rings. The monoisotopic (exact) mass is 467 g/mol. The number of ether oxygens (including phenoxy) is 2. The average molecular weight is 468 g/mol. The summed E-state index contributed by atoms with van der Waals surface area (Å²) in [5, 5.41) is 0.270. The number of carbonyl (C=O) groups is 1. The van der Waals surface area contributed by atoms with Crippen molar-refractivity contribution in [2.24, 2.45) is 0 Å². The van der Waals surface area contributed by atoms with Crippen molar-refractivity contribution in [1.29, 1.82) is 0 Å². The fraction of sp³-hybridized carbons (Fsp3) is 0.381. The first-order chi connectivity index (χ1) is 14.7. The Bertz CT molecular complexity index is 1040. The van der Waals surface area contributed by atoms with Crippen molar-refractivity contribution in [3.05, 3.63) is 47.5 Å². The van der Waals surface area contributed by atoms with Gasteiger partial charge in [0, 0.05) is 26.2 Å². The summed E-state index contributed by atoms with van der Waals surface area (Å²) < 4.78 is 36.4. The van der Waals surface area contributed by atoms with Crippen molar-refractivity contribution in [3.8, 4) is 11.5 Å². The maximum atomic E-state index is 12.9. The molecule has 1 aliphatic heterocycles. The topological polar surface area (TPSA) is 79.4 Å². The molecule has 1 saturated heterocycles. The van der Waals surface area contributed by atoms with E-state index in [0.29, 0.717) is 37.6 Å². The number of benzene rings is 2. The third kappa shape index (κ3) is 5.34. The summed E-state index contributed by atoms with van der Waals surface area (Å²) in [5.74, 6) is 0.941. The fourth-order valence-electron chi connectivity index (χ4n) is 3.52. The first-order valence-electron chi connectivity index (χ1n) is 9.71. The molecule has 168 valence electrons. The SMILES string of the molecule is COc1ccc(N(CC(=O)N2CCN(c3ccccc3OC)CC2)S(C)(=O)=O)cc1Cl. The smallest absolute Gasteiger partial charge is 0.243 e. The van der Waals surface area contributed by atoms with Gasteiger partial charge in [0.2, 0.25) is 15.9 Å². The molecule has 10 heteroatoms. The van der Waals surface area contributed by atoms with Gasteiger partial charge in [-0.3, -0.25) is 9.10 Å². The third-order valence-electron chi connectivity index (χ3n) is 5.16. The van der Waals surface area contributed by atoms with E-state index in [1.807, 2.05) is 24.3 Å². The van der Waals surface area contributed by atoms with Gasteiger partial charge in [0.1, 0.15) is 18.0 Å². The number of amides is 1. The quantitative estimate of drug-likeness (QED) is 0.622. The van der Waals surface area contributed by atoms with Crippen molar-refractivity contribution in [1.82, 2.24) is 4.90 Å². The molecule has 0 aliphatic carbocycles. The molecule has 0 radical (unpaired) electrons. The van der Waals surface area contributed by atoms with Crippen LogP contribution in [0.5, 0.6) is 11.5 Å². The van der Waals surface area contributed by atoms with Crippen LogP contribution < -0.4 is 18.7 Å². The molecule has 3 rings (SSSR count). The molecule has 0 saturated carbocycles. The van der Waals surface area contributed by atoms with Crippen LogP contribution in [0.25, 0.3) is 0 Å². The number of rotatable bonds is 7. The van der Waals surface area contributed by atoms with Crippen LogP contribution >= 0.6 is 11.6 Å². The number of sulfonamides is 1. The molecule has 0 unspecified atom stereocenters. The Hall–Kier alpha value is -2.65. The molecule has 8 nitrogen and oxygen atoms in total. The Balaban J connectivity index is 1.70. The number of nitrogens with zero attached hydrogens (tertiary/aromatic N) is 3. The molecule has 0 bridgehead atoms. The van der Waals surface area contributed by atoms with E-state index in [1.54, 1.807) is 24.1 Å². The van der Waals surface area contributed by atoms with Crippen LogP contribution in [0, 0.1) is 0 Å². The Morgan fingerprint density at radius 1 is 1.03 bits per heavy atom. The van der Waals surface area contributed by atoms with Crippen LogP contribution in [-0.2, 0) is 14.8 Å². The Morgan fingerprint density at radius 3 is 2.26 bits per heavy atom. The summed E-state index contributed by atoms with van der Waals surface area (Å²) in [5.41, 5.74) is 1.29. The van der Waals surface area contributed by atoms with Crippen molar-refractivity contribution in [3.63, 3.8) is 0 Å². The van der Waals surface area contributed by atoms with Crippen molar-refractivity contribution < 1.29 is 22.7 Å². The van der Waals surface area contributed by atoms with Gasteiger partial charge in [-0.2, -0.15) is 0 Å². The minimum atomic E-state index is -3.69. The highest BCUT2D eigenvalue weighted by Gasteiger charge is 2.27. The number of carbonyl (C=O) groups excluding carboxylic acids is 1. The number of piperazine rings is 1. The molecule has 1 aliphatic rings. The minimum absolute atomic E-state index is 0.267. The molecule has 0 spiro atoms. The second-order valence-corrected chi connectivity index (χ2v) is 9.44. The lowest BCUT2D eigenvalue weighted by molar-refractivity contribution is -0.129. The number of anilines is 2. The zero-order valence-corrected chi connectivity index (χ0v) is 19.3. The Kier molecular flexibility index (Phi) is 7.17. The fourth-order valence-corrected chi connectivity index (χ4v) is 4.61. The number of methoxy groups -OCH3 is 2. The van der Waals surface area contributed by atoms with Crippen molar-refractivity contribution >= 4 is 38.9 Å². The molecule has 1 amide bonds. The van der Waals surface area contributed by atoms with Gasteiger partial charge in [-0.15, -0.1) is 0 Å². The molecule has 0 atom stereocenters. The normalized spacial score (nSPS) is 14.3. The van der Waals surface area contributed by atoms with Crippen molar-refractivity contribution in [2.45, 2.75) is 0 Å². The zero-order valence-electron chi connectivity index (χ0n) is 17.7. The van der Waals surface area contributed by atoms with Gasteiger partial charge >= 0.3 is 0 Å². The lowest BCUT2D eigenvalue weighted by atomic mass is 10.2. The molecule has 1 heterocycles. The van der Waals surface area contributed by atoms with E-state index in [9.17, 15) is 13.2 Å². The van der Waals surface area contributed by atoms with E-state index in [1.165, 1.54) is 13.2 Å². The average Bonchev–Trinajstić information content (AvgIpc) is 2.76. The van der Waals surface area contributed by atoms with E-state index in [2.05, 4.69) is 4.90 Å². The zero-order chi connectivity index (χ0) is 22.6.